The summed E-state index contributed by atoms with van der Waals surface area (Å²) < 4.78 is 0. The third kappa shape index (κ3) is 2.26. The van der Waals surface area contributed by atoms with Crippen molar-refractivity contribution in [1.82, 2.24) is 0 Å². The van der Waals surface area contributed by atoms with Crippen molar-refractivity contribution in [2.75, 3.05) is 0 Å². The minimum Gasteiger partial charge on any atom is -0.502 e. The maximum Gasteiger partial charge on any atom is 0.370 e. The van der Waals surface area contributed by atoms with E-state index in [0.717, 1.165) is 0 Å². The van der Waals surface area contributed by atoms with Gasteiger partial charge >= 0.3 is 5.97 Å². The van der Waals surface area contributed by atoms with Gasteiger partial charge < -0.3 is 15.3 Å². The largest absolute Gasteiger partial charge is 0.502 e. The van der Waals surface area contributed by atoms with Crippen LogP contribution in [0.4, 0.5) is 0 Å². The Balaban J connectivity index is 2.94. The lowest BCUT2D eigenvalue weighted by molar-refractivity contribution is -0.135. The average Bonchev–Trinajstić information content (AvgIpc) is 2.68. The van der Waals surface area contributed by atoms with Crippen LogP contribution in [0.5, 0.6) is 0 Å². The predicted octanol–water partition coefficient (Wildman–Crippen LogP) is -0.168. The van der Waals surface area contributed by atoms with E-state index in [1.807, 2.05) is 12.2 Å². The van der Waals surface area contributed by atoms with Gasteiger partial charge in [-0.2, -0.15) is 0 Å². The zero-order chi connectivity index (χ0) is 11.6. The second kappa shape index (κ2) is 4.14. The van der Waals surface area contributed by atoms with E-state index in [2.05, 4.69) is 0 Å². The molecular formula is C9H10B2O4. The number of rotatable bonds is 3. The molecule has 0 saturated carbocycles. The lowest BCUT2D eigenvalue weighted by atomic mass is 9.59. The van der Waals surface area contributed by atoms with E-state index in [0.29, 0.717) is 12.8 Å². The van der Waals surface area contributed by atoms with Gasteiger partial charge in [-0.25, -0.2) is 4.79 Å². The molecule has 1 atom stereocenters. The van der Waals surface area contributed by atoms with Crippen LogP contribution in [0.25, 0.3) is 0 Å². The number of hydrogen-bond donors (Lipinski definition) is 3. The van der Waals surface area contributed by atoms with E-state index in [1.165, 1.54) is 0 Å². The van der Waals surface area contributed by atoms with Crippen molar-refractivity contribution >= 4 is 21.7 Å². The van der Waals surface area contributed by atoms with Gasteiger partial charge in [0, 0.05) is 5.50 Å². The molecule has 0 aromatic heterocycles. The maximum atomic E-state index is 10.4. The first-order chi connectivity index (χ1) is 6.87. The highest BCUT2D eigenvalue weighted by Crippen LogP contribution is 2.32. The number of allylic oxidation sites excluding steroid dienone is 2. The average molecular weight is 204 g/mol. The molecule has 1 aliphatic carbocycles. The summed E-state index contributed by atoms with van der Waals surface area (Å²) >= 11 is 0. The number of hydrogen-bond acceptors (Lipinski definition) is 3. The summed E-state index contributed by atoms with van der Waals surface area (Å²) in [5.41, 5.74) is -2.60. The Morgan fingerprint density at radius 3 is 2.20 bits per heavy atom. The monoisotopic (exact) mass is 204 g/mol. The highest BCUT2D eigenvalue weighted by molar-refractivity contribution is 6.32. The molecule has 0 amide bonds. The van der Waals surface area contributed by atoms with E-state index in [9.17, 15) is 9.90 Å². The van der Waals surface area contributed by atoms with E-state index in [-0.39, 0.29) is 0 Å². The first-order valence-electron chi connectivity index (χ1n) is 4.46. The lowest BCUT2D eigenvalue weighted by Crippen LogP contribution is -2.41. The molecule has 0 spiro atoms. The molecule has 0 aromatic rings. The molecule has 1 unspecified atom stereocenters. The van der Waals surface area contributed by atoms with Gasteiger partial charge in [-0.1, -0.05) is 12.2 Å². The molecule has 4 nitrogen and oxygen atoms in total. The number of aliphatic hydroxyl groups excluding tert-OH is 1. The highest BCUT2D eigenvalue weighted by atomic mass is 16.4. The summed E-state index contributed by atoms with van der Waals surface area (Å²) in [6, 6.07) is 0. The van der Waals surface area contributed by atoms with E-state index >= 15 is 0 Å². The van der Waals surface area contributed by atoms with Crippen LogP contribution in [0.15, 0.2) is 23.4 Å². The fraction of sp³-hybridized carbons (Fsp3) is 0.444. The first-order valence-corrected chi connectivity index (χ1v) is 4.46. The van der Waals surface area contributed by atoms with Crippen LogP contribution in [0, 0.1) is 5.92 Å². The molecule has 0 fully saturated rings. The second-order valence-corrected chi connectivity index (χ2v) is 3.53. The smallest absolute Gasteiger partial charge is 0.370 e. The summed E-state index contributed by atoms with van der Waals surface area (Å²) in [6.45, 7) is 0. The SMILES string of the molecule is [B]/C(=C(/O)C(=O)O)C([B])(O)C1CC=CC1. The van der Waals surface area contributed by atoms with Crippen molar-refractivity contribution in [1.29, 1.82) is 0 Å². The maximum absolute atomic E-state index is 10.4. The molecule has 1 aliphatic rings. The minimum atomic E-state index is -1.99. The summed E-state index contributed by atoms with van der Waals surface area (Å²) in [5.74, 6) is -3.12. The number of aliphatic hydroxyl groups is 2. The number of aliphatic carboxylic acids is 1. The second-order valence-electron chi connectivity index (χ2n) is 3.53. The van der Waals surface area contributed by atoms with Crippen LogP contribution in [-0.4, -0.2) is 42.5 Å². The Morgan fingerprint density at radius 2 is 1.80 bits per heavy atom. The first kappa shape index (κ1) is 11.9. The van der Waals surface area contributed by atoms with Crippen LogP contribution in [0.1, 0.15) is 12.8 Å². The van der Waals surface area contributed by atoms with Gasteiger partial charge in [0.2, 0.25) is 0 Å². The third-order valence-corrected chi connectivity index (χ3v) is 2.52. The Hall–Kier alpha value is -1.16. The topological polar surface area (TPSA) is 77.8 Å². The fourth-order valence-corrected chi connectivity index (χ4v) is 1.50. The van der Waals surface area contributed by atoms with Gasteiger partial charge in [0.05, 0.1) is 0 Å². The van der Waals surface area contributed by atoms with Crippen molar-refractivity contribution < 1.29 is 20.1 Å². The van der Waals surface area contributed by atoms with Gasteiger partial charge in [0.15, 0.2) is 5.76 Å². The number of carbonyl (C=O) groups is 1. The van der Waals surface area contributed by atoms with Crippen LogP contribution in [0.2, 0.25) is 0 Å². The Morgan fingerprint density at radius 1 is 1.33 bits per heavy atom. The molecule has 1 rings (SSSR count). The number of carboxylic acid groups (broad SMARTS) is 1. The third-order valence-electron chi connectivity index (χ3n) is 2.52. The van der Waals surface area contributed by atoms with Crippen molar-refractivity contribution in [3.63, 3.8) is 0 Å². The molecule has 0 aliphatic heterocycles. The van der Waals surface area contributed by atoms with Crippen molar-refractivity contribution in [3.8, 4) is 0 Å². The van der Waals surface area contributed by atoms with Crippen molar-refractivity contribution in [2.24, 2.45) is 5.92 Å². The van der Waals surface area contributed by atoms with Crippen LogP contribution in [0.3, 0.4) is 0 Å². The molecule has 0 heterocycles. The Kier molecular flexibility index (Phi) is 3.29. The molecule has 0 saturated heterocycles. The predicted molar refractivity (Wildman–Crippen MR) is 55.6 cm³/mol. The molecule has 6 heteroatoms. The summed E-state index contributed by atoms with van der Waals surface area (Å²) in [5, 5.41) is 27.4. The molecule has 76 valence electrons. The van der Waals surface area contributed by atoms with Crippen molar-refractivity contribution in [2.45, 2.75) is 18.3 Å². The fourth-order valence-electron chi connectivity index (χ4n) is 1.50. The standard InChI is InChI=1S/C9H10B2O4/c10-7(6(12)8(13)14)9(11,15)5-3-1-2-4-5/h1-2,5,12,15H,3-4H2,(H,13,14)/b7-6+. The molecule has 3 N–H and O–H groups in total. The van der Waals surface area contributed by atoms with E-state index < -0.39 is 28.6 Å². The summed E-state index contributed by atoms with van der Waals surface area (Å²) in [6.07, 6.45) is 4.63. The Labute approximate surface area is 90.1 Å². The zero-order valence-corrected chi connectivity index (χ0v) is 8.05. The van der Waals surface area contributed by atoms with Gasteiger partial charge in [0.1, 0.15) is 15.7 Å². The summed E-state index contributed by atoms with van der Waals surface area (Å²) in [4.78, 5) is 10.4. The van der Waals surface area contributed by atoms with Crippen LogP contribution >= 0.6 is 0 Å². The lowest BCUT2D eigenvalue weighted by Gasteiger charge is -2.32. The molecule has 0 aromatic carbocycles. The Bertz CT molecular complexity index is 325. The number of carboxylic acids is 1. The molecular weight excluding hydrogens is 194 g/mol. The molecule has 15 heavy (non-hydrogen) atoms. The van der Waals surface area contributed by atoms with E-state index in [1.54, 1.807) is 0 Å². The van der Waals surface area contributed by atoms with Crippen LogP contribution < -0.4 is 0 Å². The van der Waals surface area contributed by atoms with Crippen molar-refractivity contribution in [3.05, 3.63) is 23.4 Å². The molecule has 4 radical (unpaired) electrons. The molecule has 0 bridgehead atoms. The van der Waals surface area contributed by atoms with Gasteiger partial charge in [-0.15, -0.1) is 0 Å². The normalized spacial score (nSPS) is 22.2. The highest BCUT2D eigenvalue weighted by Gasteiger charge is 2.35. The van der Waals surface area contributed by atoms with Gasteiger partial charge in [-0.05, 0) is 24.2 Å². The van der Waals surface area contributed by atoms with Crippen LogP contribution in [-0.2, 0) is 4.79 Å². The van der Waals surface area contributed by atoms with Gasteiger partial charge in [-0.3, -0.25) is 0 Å². The zero-order valence-electron chi connectivity index (χ0n) is 8.05. The quantitative estimate of drug-likeness (QED) is 0.258. The minimum absolute atomic E-state index is 0.404. The summed E-state index contributed by atoms with van der Waals surface area (Å²) in [7, 11) is 10.8. The van der Waals surface area contributed by atoms with Gasteiger partial charge in [0.25, 0.3) is 0 Å². The van der Waals surface area contributed by atoms with E-state index in [4.69, 9.17) is 25.9 Å².